The van der Waals surface area contributed by atoms with Gasteiger partial charge in [-0.1, -0.05) is 18.0 Å². The van der Waals surface area contributed by atoms with Crippen molar-refractivity contribution in [1.82, 2.24) is 9.88 Å². The van der Waals surface area contributed by atoms with Crippen LogP contribution >= 0.6 is 23.4 Å². The number of thioether (sulfide) groups is 1. The number of pyridine rings is 1. The van der Waals surface area contributed by atoms with Crippen molar-refractivity contribution in [3.8, 4) is 5.75 Å². The molecule has 2 aromatic rings. The molecule has 0 radical (unpaired) electrons. The van der Waals surface area contributed by atoms with Gasteiger partial charge in [-0.15, -0.1) is 0 Å². The number of carboxylic acid groups (broad SMARTS) is 1. The Morgan fingerprint density at radius 3 is 2.88 bits per heavy atom. The van der Waals surface area contributed by atoms with Gasteiger partial charge in [-0.05, 0) is 62.8 Å². The van der Waals surface area contributed by atoms with Gasteiger partial charge < -0.3 is 19.8 Å². The van der Waals surface area contributed by atoms with E-state index in [1.54, 1.807) is 13.3 Å². The number of hydrogen-bond donors (Lipinski definition) is 2. The minimum Gasteiger partial charge on any atom is -0.497 e. The minimum atomic E-state index is -0.790. The lowest BCUT2D eigenvalue weighted by Crippen LogP contribution is -2.44. The number of benzene rings is 1. The average Bonchev–Trinajstić information content (AvgIpc) is 2.78. The van der Waals surface area contributed by atoms with Gasteiger partial charge in [0.1, 0.15) is 5.75 Å². The van der Waals surface area contributed by atoms with Gasteiger partial charge in [0, 0.05) is 41.2 Å². The molecule has 1 aromatic carbocycles. The van der Waals surface area contributed by atoms with E-state index >= 15 is 0 Å². The maximum absolute atomic E-state index is 12.0. The monoisotopic (exact) mass is 492 g/mol. The quantitative estimate of drug-likeness (QED) is 0.481. The standard InChI is InChI=1S/C25H33ClN2O4S/c1-32-17-6-7-22-19(13-17)24(21(26)14-27-22)23(29)8-5-16-9-10-28(15-20(16)25(30)31)11-12-33-18-3-2-4-18/h6-7,13-14,16,18,20,23,29H,2-5,8-12,15H2,1H3,(H,30,31)/t16-,20+,23-/m0/s1. The van der Waals surface area contributed by atoms with Gasteiger partial charge in [0.15, 0.2) is 0 Å². The molecule has 3 atom stereocenters. The van der Waals surface area contributed by atoms with Crippen LogP contribution in [-0.4, -0.2) is 63.8 Å². The summed E-state index contributed by atoms with van der Waals surface area (Å²) < 4.78 is 5.33. The lowest BCUT2D eigenvalue weighted by atomic mass is 9.81. The number of methoxy groups -OCH3 is 1. The van der Waals surface area contributed by atoms with Gasteiger partial charge in [-0.25, -0.2) is 0 Å². The summed E-state index contributed by atoms with van der Waals surface area (Å²) in [6, 6.07) is 5.52. The summed E-state index contributed by atoms with van der Waals surface area (Å²) in [5.74, 6) is 0.674. The molecular weight excluding hydrogens is 460 g/mol. The van der Waals surface area contributed by atoms with Gasteiger partial charge in [-0.3, -0.25) is 9.78 Å². The van der Waals surface area contributed by atoms with Gasteiger partial charge in [0.2, 0.25) is 0 Å². The number of fused-ring (bicyclic) bond motifs is 1. The van der Waals surface area contributed by atoms with Crippen molar-refractivity contribution in [2.45, 2.75) is 49.9 Å². The second kappa shape index (κ2) is 11.3. The molecule has 2 aliphatic rings. The van der Waals surface area contributed by atoms with Crippen molar-refractivity contribution in [2.24, 2.45) is 11.8 Å². The highest BCUT2D eigenvalue weighted by Crippen LogP contribution is 2.37. The summed E-state index contributed by atoms with van der Waals surface area (Å²) in [5.41, 5.74) is 1.38. The first-order valence-corrected chi connectivity index (χ1v) is 13.3. The van der Waals surface area contributed by atoms with Crippen LogP contribution in [-0.2, 0) is 4.79 Å². The maximum atomic E-state index is 12.0. The molecule has 180 valence electrons. The summed E-state index contributed by atoms with van der Waals surface area (Å²) in [5, 5.41) is 22.9. The van der Waals surface area contributed by atoms with E-state index in [4.69, 9.17) is 16.3 Å². The number of rotatable bonds is 10. The first-order chi connectivity index (χ1) is 16.0. The second-order valence-corrected chi connectivity index (χ2v) is 11.0. The number of aliphatic carboxylic acids is 1. The van der Waals surface area contributed by atoms with E-state index in [9.17, 15) is 15.0 Å². The topological polar surface area (TPSA) is 82.9 Å². The van der Waals surface area contributed by atoms with E-state index in [0.717, 1.165) is 41.4 Å². The summed E-state index contributed by atoms with van der Waals surface area (Å²) in [7, 11) is 1.60. The molecule has 1 aromatic heterocycles. The Kier molecular flexibility index (Phi) is 8.38. The molecule has 8 heteroatoms. The Hall–Kier alpha value is -1.54. The molecule has 2 N–H and O–H groups in total. The van der Waals surface area contributed by atoms with E-state index in [1.165, 1.54) is 19.3 Å². The van der Waals surface area contributed by atoms with Crippen LogP contribution in [0.1, 0.15) is 50.2 Å². The van der Waals surface area contributed by atoms with E-state index in [0.29, 0.717) is 35.7 Å². The molecule has 6 nitrogen and oxygen atoms in total. The van der Waals surface area contributed by atoms with E-state index < -0.39 is 18.0 Å². The largest absolute Gasteiger partial charge is 0.497 e. The summed E-state index contributed by atoms with van der Waals surface area (Å²) in [4.78, 5) is 18.7. The number of aromatic nitrogens is 1. The van der Waals surface area contributed by atoms with Crippen molar-refractivity contribution in [3.05, 3.63) is 35.0 Å². The van der Waals surface area contributed by atoms with Gasteiger partial charge in [-0.2, -0.15) is 11.8 Å². The average molecular weight is 493 g/mol. The number of piperidine rings is 1. The molecule has 1 aliphatic carbocycles. The minimum absolute atomic E-state index is 0.0501. The summed E-state index contributed by atoms with van der Waals surface area (Å²) >= 11 is 8.47. The number of carboxylic acids is 1. The molecule has 2 heterocycles. The number of likely N-dealkylation sites (tertiary alicyclic amines) is 1. The van der Waals surface area contributed by atoms with Crippen LogP contribution < -0.4 is 4.74 Å². The van der Waals surface area contributed by atoms with E-state index in [-0.39, 0.29) is 5.92 Å². The second-order valence-electron chi connectivity index (χ2n) is 9.21. The predicted octanol–water partition coefficient (Wildman–Crippen LogP) is 5.02. The SMILES string of the molecule is COc1ccc2ncc(Cl)c([C@@H](O)CC[C@H]3CCN(CCSC4CCC4)C[C@H]3C(=O)O)c2c1. The number of hydrogen-bond acceptors (Lipinski definition) is 6. The van der Waals surface area contributed by atoms with Gasteiger partial charge >= 0.3 is 5.97 Å². The molecule has 1 saturated carbocycles. The van der Waals surface area contributed by atoms with Crippen molar-refractivity contribution < 1.29 is 19.7 Å². The van der Waals surface area contributed by atoms with Gasteiger partial charge in [0.05, 0.1) is 29.7 Å². The molecule has 2 fully saturated rings. The lowest BCUT2D eigenvalue weighted by Gasteiger charge is -2.37. The van der Waals surface area contributed by atoms with Crippen LogP contribution in [0, 0.1) is 11.8 Å². The zero-order valence-corrected chi connectivity index (χ0v) is 20.7. The Bertz CT molecular complexity index is 971. The molecule has 0 amide bonds. The first-order valence-electron chi connectivity index (χ1n) is 11.8. The lowest BCUT2D eigenvalue weighted by molar-refractivity contribution is -0.146. The Balaban J connectivity index is 1.37. The third-order valence-electron chi connectivity index (χ3n) is 7.18. The predicted molar refractivity (Wildman–Crippen MR) is 133 cm³/mol. The molecule has 33 heavy (non-hydrogen) atoms. The van der Waals surface area contributed by atoms with Crippen LogP contribution in [0.25, 0.3) is 10.9 Å². The van der Waals surface area contributed by atoms with Crippen molar-refractivity contribution in [2.75, 3.05) is 32.5 Å². The fraction of sp³-hybridized carbons (Fsp3) is 0.600. The highest BCUT2D eigenvalue weighted by molar-refractivity contribution is 7.99. The molecule has 0 spiro atoms. The van der Waals surface area contributed by atoms with Crippen LogP contribution in [0.15, 0.2) is 24.4 Å². The molecule has 1 aliphatic heterocycles. The molecule has 1 saturated heterocycles. The number of carbonyl (C=O) groups is 1. The fourth-order valence-corrected chi connectivity index (χ4v) is 6.57. The van der Waals surface area contributed by atoms with Crippen molar-refractivity contribution in [3.63, 3.8) is 0 Å². The molecular formula is C25H33ClN2O4S. The number of aliphatic hydroxyl groups is 1. The fourth-order valence-electron chi connectivity index (χ4n) is 4.93. The number of aliphatic hydroxyl groups excluding tert-OH is 1. The number of ether oxygens (including phenoxy) is 1. The zero-order chi connectivity index (χ0) is 23.4. The van der Waals surface area contributed by atoms with E-state index in [1.807, 2.05) is 30.0 Å². The highest BCUT2D eigenvalue weighted by atomic mass is 35.5. The van der Waals surface area contributed by atoms with Crippen LogP contribution in [0.3, 0.4) is 0 Å². The maximum Gasteiger partial charge on any atom is 0.308 e. The van der Waals surface area contributed by atoms with Crippen LogP contribution in [0.4, 0.5) is 0 Å². The Morgan fingerprint density at radius 2 is 2.18 bits per heavy atom. The highest BCUT2D eigenvalue weighted by Gasteiger charge is 2.34. The van der Waals surface area contributed by atoms with E-state index in [2.05, 4.69) is 9.88 Å². The van der Waals surface area contributed by atoms with Crippen LogP contribution in [0.5, 0.6) is 5.75 Å². The molecule has 4 rings (SSSR count). The van der Waals surface area contributed by atoms with Gasteiger partial charge in [0.25, 0.3) is 0 Å². The van der Waals surface area contributed by atoms with Crippen LogP contribution in [0.2, 0.25) is 5.02 Å². The first kappa shape index (κ1) is 24.6. The summed E-state index contributed by atoms with van der Waals surface area (Å²) in [6.45, 7) is 2.48. The third kappa shape index (κ3) is 5.94. The van der Waals surface area contributed by atoms with Crippen molar-refractivity contribution >= 4 is 40.2 Å². The number of halogens is 1. The summed E-state index contributed by atoms with van der Waals surface area (Å²) in [6.07, 6.45) is 6.73. The Morgan fingerprint density at radius 1 is 1.36 bits per heavy atom. The normalized spacial score (nSPS) is 22.8. The number of nitrogens with zero attached hydrogens (tertiary/aromatic N) is 2. The zero-order valence-electron chi connectivity index (χ0n) is 19.1. The Labute approximate surface area is 204 Å². The molecule has 0 bridgehead atoms. The van der Waals surface area contributed by atoms with Crippen molar-refractivity contribution in [1.29, 1.82) is 0 Å². The smallest absolute Gasteiger partial charge is 0.308 e. The molecule has 0 unspecified atom stereocenters. The third-order valence-corrected chi connectivity index (χ3v) is 8.85.